The molecule has 0 heterocycles. The van der Waals surface area contributed by atoms with E-state index in [0.717, 1.165) is 0 Å². The second-order valence-electron chi connectivity index (χ2n) is 5.81. The number of carboxylic acid groups (broad SMARTS) is 4. The number of rotatable bonds is 6. The molecule has 0 fully saturated rings. The molecule has 0 spiro atoms. The smallest absolute Gasteiger partial charge is 0.339 e. The Labute approximate surface area is 179 Å². The number of hydrogen-bond acceptors (Lipinski definition) is 6. The molecule has 31 heavy (non-hydrogen) atoms. The highest BCUT2D eigenvalue weighted by Gasteiger charge is 2.34. The minimum absolute atomic E-state index is 1.06. The van der Waals surface area contributed by atoms with Crippen LogP contribution in [0.3, 0.4) is 0 Å². The Bertz CT molecular complexity index is 1100. The van der Waals surface area contributed by atoms with E-state index in [1.54, 1.807) is 0 Å². The molecular weight excluding hydrogens is 472 g/mol. The third-order valence-electron chi connectivity index (χ3n) is 4.10. The van der Waals surface area contributed by atoms with Crippen LogP contribution in [0.2, 0.25) is 0 Å². The molecule has 2 rings (SSSR count). The van der Waals surface area contributed by atoms with Crippen molar-refractivity contribution in [3.63, 3.8) is 0 Å². The molecule has 164 valence electrons. The van der Waals surface area contributed by atoms with Gasteiger partial charge in [-0.2, -0.15) is 0 Å². The quantitative estimate of drug-likeness (QED) is 0.273. The number of aromatic carboxylic acids is 4. The van der Waals surface area contributed by atoms with Crippen LogP contribution in [0.5, 0.6) is 0 Å². The first-order valence-corrected chi connectivity index (χ1v) is 8.52. The van der Waals surface area contributed by atoms with Crippen LogP contribution in [0, 0.1) is 23.3 Å². The molecule has 0 radical (unpaired) electrons. The van der Waals surface area contributed by atoms with Gasteiger partial charge in [-0.05, 0) is 0 Å². The molecular formula is C17H8F4O8S2. The van der Waals surface area contributed by atoms with Gasteiger partial charge in [0, 0.05) is 27.3 Å². The van der Waals surface area contributed by atoms with Gasteiger partial charge in [-0.3, -0.25) is 0 Å². The lowest BCUT2D eigenvalue weighted by Crippen LogP contribution is -2.19. The van der Waals surface area contributed by atoms with Gasteiger partial charge in [-0.25, -0.2) is 36.7 Å². The van der Waals surface area contributed by atoms with E-state index in [2.05, 4.69) is 25.3 Å². The Kier molecular flexibility index (Phi) is 6.56. The first-order chi connectivity index (χ1) is 14.2. The minimum atomic E-state index is -2.20. The summed E-state index contributed by atoms with van der Waals surface area (Å²) >= 11 is 7.16. The van der Waals surface area contributed by atoms with Gasteiger partial charge >= 0.3 is 23.9 Å². The fourth-order valence-electron chi connectivity index (χ4n) is 2.75. The van der Waals surface area contributed by atoms with Crippen molar-refractivity contribution in [2.75, 3.05) is 0 Å². The first-order valence-electron chi connectivity index (χ1n) is 7.62. The molecule has 0 amide bonds. The maximum atomic E-state index is 14.8. The molecule has 0 aliphatic carbocycles. The van der Waals surface area contributed by atoms with Crippen molar-refractivity contribution >= 4 is 49.1 Å². The summed E-state index contributed by atoms with van der Waals surface area (Å²) < 4.78 is 58.4. The van der Waals surface area contributed by atoms with Gasteiger partial charge < -0.3 is 20.4 Å². The van der Waals surface area contributed by atoms with Crippen molar-refractivity contribution in [1.29, 1.82) is 0 Å². The van der Waals surface area contributed by atoms with Crippen molar-refractivity contribution in [2.24, 2.45) is 0 Å². The predicted molar refractivity (Wildman–Crippen MR) is 97.9 cm³/mol. The van der Waals surface area contributed by atoms with Crippen LogP contribution in [0.4, 0.5) is 17.6 Å². The summed E-state index contributed by atoms with van der Waals surface area (Å²) in [5, 5.41) is 36.1. The van der Waals surface area contributed by atoms with Crippen molar-refractivity contribution in [1.82, 2.24) is 0 Å². The van der Waals surface area contributed by atoms with Gasteiger partial charge in [0.05, 0.1) is 0 Å². The van der Waals surface area contributed by atoms with Crippen LogP contribution in [0.25, 0.3) is 0 Å². The SMILES string of the molecule is O=C(O)c1c(F)c(S)c(Cc2c(F)c(C(=O)O)c(C(=O)O)c(F)c2S)c(F)c1C(=O)O. The van der Waals surface area contributed by atoms with Crippen LogP contribution in [-0.2, 0) is 6.42 Å². The fraction of sp³-hybridized carbons (Fsp3) is 0.0588. The molecule has 0 saturated carbocycles. The van der Waals surface area contributed by atoms with E-state index in [1.807, 2.05) is 0 Å². The van der Waals surface area contributed by atoms with Crippen LogP contribution >= 0.6 is 25.3 Å². The zero-order valence-electron chi connectivity index (χ0n) is 14.5. The van der Waals surface area contributed by atoms with E-state index >= 15 is 0 Å². The summed E-state index contributed by atoms with van der Waals surface area (Å²) in [7, 11) is 0. The van der Waals surface area contributed by atoms with Gasteiger partial charge in [-0.1, -0.05) is 0 Å². The Morgan fingerprint density at radius 3 is 1.00 bits per heavy atom. The molecule has 14 heteroatoms. The summed E-state index contributed by atoms with van der Waals surface area (Å²) in [6.07, 6.45) is -1.25. The Morgan fingerprint density at radius 2 is 0.774 bits per heavy atom. The summed E-state index contributed by atoms with van der Waals surface area (Å²) in [5.41, 5.74) is -8.56. The molecule has 0 atom stereocenters. The molecule has 0 saturated heterocycles. The van der Waals surface area contributed by atoms with Crippen molar-refractivity contribution in [3.8, 4) is 0 Å². The van der Waals surface area contributed by atoms with E-state index in [9.17, 15) is 36.7 Å². The van der Waals surface area contributed by atoms with Crippen LogP contribution in [0.15, 0.2) is 9.79 Å². The maximum Gasteiger partial charge on any atom is 0.339 e. The second-order valence-corrected chi connectivity index (χ2v) is 6.70. The van der Waals surface area contributed by atoms with E-state index in [1.165, 1.54) is 0 Å². The van der Waals surface area contributed by atoms with Gasteiger partial charge in [-0.15, -0.1) is 25.3 Å². The molecule has 0 aliphatic rings. The lowest BCUT2D eigenvalue weighted by molar-refractivity contribution is 0.0640. The minimum Gasteiger partial charge on any atom is -0.478 e. The molecule has 0 aromatic heterocycles. The summed E-state index contributed by atoms with van der Waals surface area (Å²) in [4.78, 5) is 42.7. The Hall–Kier alpha value is -3.26. The third kappa shape index (κ3) is 3.90. The van der Waals surface area contributed by atoms with Crippen molar-refractivity contribution in [2.45, 2.75) is 16.2 Å². The van der Waals surface area contributed by atoms with E-state index in [4.69, 9.17) is 20.4 Å². The predicted octanol–water partition coefficient (Wildman–Crippen LogP) is 3.20. The summed E-state index contributed by atoms with van der Waals surface area (Å²) in [6.45, 7) is 0. The second kappa shape index (κ2) is 8.47. The zero-order valence-corrected chi connectivity index (χ0v) is 16.3. The fourth-order valence-corrected chi connectivity index (χ4v) is 3.33. The standard InChI is InChI=1S/C17H8F4O8S2/c18-8-2(12(30)10(20)6(16(26)27)4(8)14(22)23)1-3-9(19)5(15(24)25)7(17(28)29)11(21)13(3)31/h30-31H,1H2,(H,22,23)(H,24,25)(H,26,27)(H,28,29). The molecule has 0 unspecified atom stereocenters. The average molecular weight is 480 g/mol. The van der Waals surface area contributed by atoms with E-state index in [0.29, 0.717) is 0 Å². The number of thiol groups is 2. The number of carbonyl (C=O) groups is 4. The Morgan fingerprint density at radius 1 is 0.548 bits per heavy atom. The first kappa shape index (κ1) is 24.0. The molecule has 8 nitrogen and oxygen atoms in total. The van der Waals surface area contributed by atoms with Crippen LogP contribution in [-0.4, -0.2) is 44.3 Å². The van der Waals surface area contributed by atoms with Gasteiger partial charge in [0.15, 0.2) is 11.6 Å². The Balaban J connectivity index is 2.93. The highest BCUT2D eigenvalue weighted by atomic mass is 32.1. The third-order valence-corrected chi connectivity index (χ3v) is 5.04. The van der Waals surface area contributed by atoms with Gasteiger partial charge in [0.1, 0.15) is 33.9 Å². The maximum absolute atomic E-state index is 14.8. The molecule has 0 bridgehead atoms. The average Bonchev–Trinajstić information content (AvgIpc) is 2.65. The number of hydrogen-bond donors (Lipinski definition) is 6. The normalized spacial score (nSPS) is 10.8. The van der Waals surface area contributed by atoms with Crippen LogP contribution in [0.1, 0.15) is 52.6 Å². The summed E-state index contributed by atoms with van der Waals surface area (Å²) in [5.74, 6) is -16.0. The van der Waals surface area contributed by atoms with Crippen LogP contribution < -0.4 is 0 Å². The molecule has 0 aliphatic heterocycles. The van der Waals surface area contributed by atoms with Gasteiger partial charge in [0.2, 0.25) is 0 Å². The largest absolute Gasteiger partial charge is 0.478 e. The van der Waals surface area contributed by atoms with Gasteiger partial charge in [0.25, 0.3) is 0 Å². The van der Waals surface area contributed by atoms with Crippen molar-refractivity contribution in [3.05, 3.63) is 56.6 Å². The highest BCUT2D eigenvalue weighted by Crippen LogP contribution is 2.35. The summed E-state index contributed by atoms with van der Waals surface area (Å²) in [6, 6.07) is 0. The molecule has 2 aromatic rings. The van der Waals surface area contributed by atoms with E-state index in [-0.39, 0.29) is 0 Å². The zero-order chi connectivity index (χ0) is 23.9. The molecule has 4 N–H and O–H groups in total. The van der Waals surface area contributed by atoms with E-state index < -0.39 is 96.7 Å². The lowest BCUT2D eigenvalue weighted by atomic mass is 9.94. The van der Waals surface area contributed by atoms with Crippen molar-refractivity contribution < 1.29 is 57.2 Å². The number of benzene rings is 2. The lowest BCUT2D eigenvalue weighted by Gasteiger charge is -2.17. The monoisotopic (exact) mass is 480 g/mol. The number of halogens is 4. The highest BCUT2D eigenvalue weighted by molar-refractivity contribution is 7.80. The topological polar surface area (TPSA) is 149 Å². The number of carboxylic acids is 4. The molecule has 2 aromatic carbocycles.